The molecule has 6 aliphatic carbocycles. The number of hydrogen-bond donors (Lipinski definition) is 1. The second kappa shape index (κ2) is 14.5. The number of fused-ring (bicyclic) bond motifs is 6. The number of aryl methyl sites for hydroxylation is 2. The molecular weight excluding hydrogens is 803 g/mol. The van der Waals surface area contributed by atoms with Crippen molar-refractivity contribution < 1.29 is 19.1 Å². The number of nitrogens with zero attached hydrogens (tertiary/aromatic N) is 2. The minimum absolute atomic E-state index is 0.0669. The number of allylic oxidation sites excluding steroid dienone is 4. The van der Waals surface area contributed by atoms with Gasteiger partial charge in [0.2, 0.25) is 0 Å². The van der Waals surface area contributed by atoms with Gasteiger partial charge in [0.15, 0.2) is 5.60 Å². The van der Waals surface area contributed by atoms with Gasteiger partial charge < -0.3 is 20.1 Å². The number of benzene rings is 2. The molecule has 2 aromatic carbocycles. The van der Waals surface area contributed by atoms with Crippen molar-refractivity contribution in [3.05, 3.63) is 116 Å². The fourth-order valence-electron chi connectivity index (χ4n) is 18.6. The van der Waals surface area contributed by atoms with Crippen molar-refractivity contribution in [1.29, 1.82) is 0 Å². The van der Waals surface area contributed by atoms with E-state index in [4.69, 9.17) is 15.2 Å². The van der Waals surface area contributed by atoms with Crippen LogP contribution in [0.5, 0.6) is 0 Å². The first-order chi connectivity index (χ1) is 31.9. The molecule has 0 aromatic heterocycles. The van der Waals surface area contributed by atoms with Crippen molar-refractivity contribution >= 4 is 11.9 Å². The Bertz CT molecular complexity index is 2530. The SMILES string of the molecule is CC1CC2=C3C4C5=C6C=C(Cc7cccc(c7)CCCCC7C68C(=O)OC(=CCC(C6CCCCC6)N6CC9CC(C6)C(CC2)N3C9)C8(CC5)C72OC(=O)c3c(CCCN)cccc32)C14. The second-order valence-corrected chi connectivity index (χ2v) is 23.4. The van der Waals surface area contributed by atoms with Crippen LogP contribution in [-0.2, 0) is 39.1 Å². The van der Waals surface area contributed by atoms with E-state index in [2.05, 4.69) is 71.3 Å². The molecule has 15 aliphatic rings. The summed E-state index contributed by atoms with van der Waals surface area (Å²) < 4.78 is 14.5. The first kappa shape index (κ1) is 40.2. The van der Waals surface area contributed by atoms with Crippen LogP contribution in [0.4, 0.5) is 0 Å². The van der Waals surface area contributed by atoms with Crippen molar-refractivity contribution in [3.63, 3.8) is 0 Å². The summed E-state index contributed by atoms with van der Waals surface area (Å²) in [6.45, 7) is 6.66. The van der Waals surface area contributed by atoms with Crippen LogP contribution >= 0.6 is 0 Å². The smallest absolute Gasteiger partial charge is 0.339 e. The predicted octanol–water partition coefficient (Wildman–Crippen LogP) is 10.3. The lowest BCUT2D eigenvalue weighted by Gasteiger charge is -2.71. The van der Waals surface area contributed by atoms with Crippen molar-refractivity contribution in [3.8, 4) is 0 Å². The highest BCUT2D eigenvalue weighted by Crippen LogP contribution is 2.87. The molecule has 15 bridgehead atoms. The number of piperidine rings is 2. The standard InChI is InChI=1S/C58H69N3O4/c1-34-26-40-19-20-47-42-29-37-31-60(33-42)46(38-13-3-2-4-14-38)21-22-49-56-24-23-43-45-30-41(50(34)52(43)53(40)61(47)32-37)28-36-12-7-11-35(27-36)10-5-6-18-48(57(45,56)55(63)64-49)58(56)44-17-8-15-39(16-9-25-59)51(44)54(62)65-58/h7-8,11-12,15,17,22,27,30,34,37-38,42,46-48,50,52H,2-6,9-10,13-14,16,18-21,23-26,28-29,31-33,59H2,1H3. The summed E-state index contributed by atoms with van der Waals surface area (Å²) in [5, 5.41) is 0. The Morgan fingerprint density at radius 1 is 0.877 bits per heavy atom. The molecule has 9 aliphatic heterocycles. The topological polar surface area (TPSA) is 85.1 Å². The van der Waals surface area contributed by atoms with Gasteiger partial charge in [-0.15, -0.1) is 0 Å². The van der Waals surface area contributed by atoms with Gasteiger partial charge >= 0.3 is 11.9 Å². The monoisotopic (exact) mass is 872 g/mol. The zero-order valence-electron chi connectivity index (χ0n) is 38.8. The molecule has 2 N–H and O–H groups in total. The molecule has 5 fully saturated rings. The quantitative estimate of drug-likeness (QED) is 0.306. The number of ether oxygens (including phenoxy) is 2. The van der Waals surface area contributed by atoms with Crippen LogP contribution in [0.2, 0.25) is 0 Å². The third-order valence-corrected chi connectivity index (χ3v) is 20.7. The average Bonchev–Trinajstić information content (AvgIpc) is 3.76. The number of rotatable bonds is 4. The van der Waals surface area contributed by atoms with E-state index in [9.17, 15) is 4.79 Å². The van der Waals surface area contributed by atoms with Crippen LogP contribution in [0.15, 0.2) is 88.4 Å². The summed E-state index contributed by atoms with van der Waals surface area (Å²) in [4.78, 5) is 37.2. The molecule has 0 amide bonds. The fraction of sp³-hybridized carbons (Fsp3) is 0.621. The summed E-state index contributed by atoms with van der Waals surface area (Å²) in [6.07, 6.45) is 25.4. The maximum absolute atomic E-state index is 16.2. The Hall–Kier alpha value is -3.94. The van der Waals surface area contributed by atoms with Crippen LogP contribution in [0, 0.1) is 52.3 Å². The molecule has 2 aromatic rings. The molecule has 3 spiro atoms. The van der Waals surface area contributed by atoms with E-state index in [1.54, 1.807) is 11.3 Å². The van der Waals surface area contributed by atoms with E-state index in [0.717, 1.165) is 86.7 Å². The Labute approximate surface area is 386 Å². The first-order valence-electron chi connectivity index (χ1n) is 26.6. The maximum atomic E-state index is 16.2. The van der Waals surface area contributed by atoms with Gasteiger partial charge in [-0.3, -0.25) is 9.69 Å². The van der Waals surface area contributed by atoms with Gasteiger partial charge in [0.25, 0.3) is 0 Å². The van der Waals surface area contributed by atoms with Crippen LogP contribution in [0.3, 0.4) is 0 Å². The highest BCUT2D eigenvalue weighted by Gasteiger charge is 2.92. The molecule has 17 rings (SSSR count). The van der Waals surface area contributed by atoms with Crippen LogP contribution in [0.1, 0.15) is 142 Å². The Morgan fingerprint density at radius 3 is 2.63 bits per heavy atom. The number of carbonyl (C=O) groups excluding carboxylic acids is 2. The van der Waals surface area contributed by atoms with Crippen LogP contribution < -0.4 is 5.73 Å². The molecule has 12 atom stereocenters. The van der Waals surface area contributed by atoms with Gasteiger partial charge in [0, 0.05) is 54.8 Å². The van der Waals surface area contributed by atoms with Crippen LogP contribution in [0.25, 0.3) is 0 Å². The van der Waals surface area contributed by atoms with E-state index in [1.807, 2.05) is 0 Å². The summed E-state index contributed by atoms with van der Waals surface area (Å²) in [5.41, 5.74) is 16.7. The summed E-state index contributed by atoms with van der Waals surface area (Å²) in [7, 11) is 0. The molecule has 65 heavy (non-hydrogen) atoms. The van der Waals surface area contributed by atoms with Crippen molar-refractivity contribution in [2.75, 3.05) is 26.2 Å². The summed E-state index contributed by atoms with van der Waals surface area (Å²) in [6, 6.07) is 17.0. The number of nitrogens with two attached hydrogens (primary N) is 1. The maximum Gasteiger partial charge on any atom is 0.339 e. The van der Waals surface area contributed by atoms with Gasteiger partial charge in [-0.2, -0.15) is 0 Å². The third-order valence-electron chi connectivity index (χ3n) is 20.7. The molecule has 9 heterocycles. The van der Waals surface area contributed by atoms with E-state index in [0.29, 0.717) is 48.2 Å². The Kier molecular flexibility index (Phi) is 8.98. The lowest BCUT2D eigenvalue weighted by atomic mass is 9.29. The molecular formula is C58H69N3O4. The zero-order chi connectivity index (χ0) is 43.4. The van der Waals surface area contributed by atoms with E-state index in [1.165, 1.54) is 105 Å². The summed E-state index contributed by atoms with van der Waals surface area (Å²) in [5.74, 6) is 3.49. The van der Waals surface area contributed by atoms with Crippen molar-refractivity contribution in [1.82, 2.24) is 9.80 Å². The largest absolute Gasteiger partial charge is 0.449 e. The van der Waals surface area contributed by atoms with Gasteiger partial charge in [-0.05, 0) is 161 Å². The highest BCUT2D eigenvalue weighted by atomic mass is 16.6. The lowest BCUT2D eigenvalue weighted by Crippen LogP contribution is -2.77. The normalized spacial score (nSPS) is 41.0. The Balaban J connectivity index is 1.06. The van der Waals surface area contributed by atoms with Gasteiger partial charge in [-0.1, -0.05) is 97.9 Å². The highest BCUT2D eigenvalue weighted by molar-refractivity contribution is 6.00. The van der Waals surface area contributed by atoms with Crippen molar-refractivity contribution in [2.24, 2.45) is 58.0 Å². The minimum Gasteiger partial charge on any atom is -0.449 e. The van der Waals surface area contributed by atoms with E-state index < -0.39 is 16.4 Å². The minimum atomic E-state index is -0.993. The third kappa shape index (κ3) is 5.16. The number of hydrogen-bond acceptors (Lipinski definition) is 7. The molecule has 3 saturated heterocycles. The fourth-order valence-corrected chi connectivity index (χ4v) is 18.6. The number of carbonyl (C=O) groups is 2. The van der Waals surface area contributed by atoms with Crippen molar-refractivity contribution in [2.45, 2.75) is 147 Å². The van der Waals surface area contributed by atoms with Gasteiger partial charge in [0.05, 0.1) is 11.0 Å². The van der Waals surface area contributed by atoms with Gasteiger partial charge in [-0.25, -0.2) is 4.79 Å². The second-order valence-electron chi connectivity index (χ2n) is 23.4. The van der Waals surface area contributed by atoms with E-state index >= 15 is 4.79 Å². The van der Waals surface area contributed by atoms with Crippen LogP contribution in [-0.4, -0.2) is 60.0 Å². The van der Waals surface area contributed by atoms with E-state index in [-0.39, 0.29) is 23.8 Å². The first-order valence-corrected chi connectivity index (χ1v) is 26.6. The summed E-state index contributed by atoms with van der Waals surface area (Å²) >= 11 is 0. The molecule has 0 radical (unpaired) electrons. The Morgan fingerprint density at radius 2 is 1.74 bits per heavy atom. The predicted molar refractivity (Wildman–Crippen MR) is 251 cm³/mol. The zero-order valence-corrected chi connectivity index (χ0v) is 38.8. The molecule has 12 unspecified atom stereocenters. The molecule has 2 saturated carbocycles. The molecule has 7 heteroatoms. The molecule has 7 nitrogen and oxygen atoms in total. The van der Waals surface area contributed by atoms with Gasteiger partial charge in [0.1, 0.15) is 11.2 Å². The number of esters is 2. The lowest BCUT2D eigenvalue weighted by molar-refractivity contribution is -0.275. The average molecular weight is 872 g/mol. The molecule has 340 valence electrons.